The summed E-state index contributed by atoms with van der Waals surface area (Å²) in [5.41, 5.74) is 1.30. The first-order valence-electron chi connectivity index (χ1n) is 5.53. The third kappa shape index (κ3) is 3.92. The molecule has 0 aliphatic carbocycles. The van der Waals surface area contributed by atoms with Gasteiger partial charge in [0.15, 0.2) is 0 Å². The lowest BCUT2D eigenvalue weighted by atomic mass is 10.1. The van der Waals surface area contributed by atoms with Gasteiger partial charge >= 0.3 is 0 Å². The Labute approximate surface area is 112 Å². The zero-order chi connectivity index (χ0) is 13.4. The van der Waals surface area contributed by atoms with Gasteiger partial charge in [0, 0.05) is 25.2 Å². The number of methoxy groups -OCH3 is 1. The summed E-state index contributed by atoms with van der Waals surface area (Å²) in [4.78, 5) is 1.94. The van der Waals surface area contributed by atoms with E-state index in [-0.39, 0.29) is 0 Å². The highest BCUT2D eigenvalue weighted by molar-refractivity contribution is 6.30. The summed E-state index contributed by atoms with van der Waals surface area (Å²) >= 11 is 5.95. The van der Waals surface area contributed by atoms with Gasteiger partial charge in [-0.3, -0.25) is 0 Å². The van der Waals surface area contributed by atoms with Crippen LogP contribution in [0.3, 0.4) is 0 Å². The molecule has 1 rings (SSSR count). The number of nitrogens with zero attached hydrogens (tertiary/aromatic N) is 3. The fraction of sp³-hybridized carbons (Fsp3) is 0.385. The second-order valence-corrected chi connectivity index (χ2v) is 4.10. The van der Waals surface area contributed by atoms with Gasteiger partial charge in [-0.2, -0.15) is 10.5 Å². The van der Waals surface area contributed by atoms with Crippen molar-refractivity contribution in [2.75, 3.05) is 31.7 Å². The van der Waals surface area contributed by atoms with Crippen molar-refractivity contribution in [2.45, 2.75) is 6.42 Å². The third-order valence-electron chi connectivity index (χ3n) is 2.48. The van der Waals surface area contributed by atoms with Crippen molar-refractivity contribution < 1.29 is 4.74 Å². The van der Waals surface area contributed by atoms with E-state index in [2.05, 4.69) is 12.1 Å². The first kappa shape index (κ1) is 14.3. The minimum atomic E-state index is 0.390. The summed E-state index contributed by atoms with van der Waals surface area (Å²) < 4.78 is 5.04. The van der Waals surface area contributed by atoms with E-state index in [9.17, 15) is 0 Å². The quantitative estimate of drug-likeness (QED) is 0.791. The summed E-state index contributed by atoms with van der Waals surface area (Å²) in [5.74, 6) is 0. The molecule has 0 amide bonds. The van der Waals surface area contributed by atoms with Gasteiger partial charge in [0.2, 0.25) is 0 Å². The molecule has 0 N–H and O–H groups in total. The van der Waals surface area contributed by atoms with Crippen molar-refractivity contribution in [2.24, 2.45) is 0 Å². The molecule has 4 nitrogen and oxygen atoms in total. The molecule has 1 aromatic rings. The van der Waals surface area contributed by atoms with Gasteiger partial charge in [-0.25, -0.2) is 0 Å². The van der Waals surface area contributed by atoms with E-state index in [1.807, 2.05) is 4.90 Å². The number of anilines is 1. The molecular weight excluding hydrogens is 250 g/mol. The Balaban J connectivity index is 2.99. The number of nitriles is 2. The van der Waals surface area contributed by atoms with Crippen molar-refractivity contribution in [3.63, 3.8) is 0 Å². The molecule has 94 valence electrons. The minimum Gasteiger partial charge on any atom is -0.383 e. The van der Waals surface area contributed by atoms with Gasteiger partial charge in [0.05, 0.1) is 30.3 Å². The van der Waals surface area contributed by atoms with E-state index in [1.165, 1.54) is 0 Å². The molecule has 0 fully saturated rings. The van der Waals surface area contributed by atoms with Crippen LogP contribution in [0.4, 0.5) is 5.69 Å². The normalized spacial score (nSPS) is 9.56. The Morgan fingerprint density at radius 1 is 1.33 bits per heavy atom. The summed E-state index contributed by atoms with van der Waals surface area (Å²) in [7, 11) is 1.62. The van der Waals surface area contributed by atoms with Gasteiger partial charge in [-0.15, -0.1) is 0 Å². The Morgan fingerprint density at radius 2 is 2.11 bits per heavy atom. The van der Waals surface area contributed by atoms with Crippen LogP contribution < -0.4 is 4.90 Å². The molecule has 0 atom stereocenters. The summed E-state index contributed by atoms with van der Waals surface area (Å²) in [6, 6.07) is 9.34. The molecular formula is C13H14ClN3O. The van der Waals surface area contributed by atoms with E-state index < -0.39 is 0 Å². The number of hydrogen-bond acceptors (Lipinski definition) is 4. The molecule has 0 saturated heterocycles. The molecule has 0 bridgehead atoms. The molecule has 0 unspecified atom stereocenters. The Kier molecular flexibility index (Phi) is 6.00. The second kappa shape index (κ2) is 7.55. The number of halogens is 1. The molecule has 1 aromatic carbocycles. The maximum absolute atomic E-state index is 9.09. The maximum atomic E-state index is 9.09. The average molecular weight is 264 g/mol. The predicted molar refractivity (Wildman–Crippen MR) is 70.5 cm³/mol. The molecule has 0 aliphatic heterocycles. The molecule has 18 heavy (non-hydrogen) atoms. The van der Waals surface area contributed by atoms with Gasteiger partial charge in [0.25, 0.3) is 0 Å². The highest BCUT2D eigenvalue weighted by Crippen LogP contribution is 2.24. The molecule has 0 aromatic heterocycles. The van der Waals surface area contributed by atoms with E-state index in [1.54, 1.807) is 25.3 Å². The topological polar surface area (TPSA) is 60.0 Å². The maximum Gasteiger partial charge on any atom is 0.101 e. The van der Waals surface area contributed by atoms with Crippen LogP contribution in [-0.2, 0) is 4.74 Å². The second-order valence-electron chi connectivity index (χ2n) is 3.66. The van der Waals surface area contributed by atoms with Gasteiger partial charge in [0.1, 0.15) is 6.07 Å². The summed E-state index contributed by atoms with van der Waals surface area (Å²) in [6.45, 7) is 1.70. The number of ether oxygens (including phenoxy) is 1. The first-order chi connectivity index (χ1) is 8.72. The largest absolute Gasteiger partial charge is 0.383 e. The van der Waals surface area contributed by atoms with Crippen LogP contribution in [0.15, 0.2) is 18.2 Å². The fourth-order valence-electron chi connectivity index (χ4n) is 1.60. The lowest BCUT2D eigenvalue weighted by molar-refractivity contribution is 0.205. The fourth-order valence-corrected chi connectivity index (χ4v) is 1.77. The van der Waals surface area contributed by atoms with E-state index in [0.717, 1.165) is 5.69 Å². The highest BCUT2D eigenvalue weighted by Gasteiger charge is 2.11. The Morgan fingerprint density at radius 3 is 2.72 bits per heavy atom. The van der Waals surface area contributed by atoms with E-state index in [4.69, 9.17) is 26.9 Å². The first-order valence-corrected chi connectivity index (χ1v) is 5.91. The number of benzene rings is 1. The smallest absolute Gasteiger partial charge is 0.101 e. The van der Waals surface area contributed by atoms with Crippen LogP contribution in [0.2, 0.25) is 5.02 Å². The van der Waals surface area contributed by atoms with Gasteiger partial charge in [-0.1, -0.05) is 11.6 Å². The van der Waals surface area contributed by atoms with Gasteiger partial charge in [-0.05, 0) is 18.2 Å². The van der Waals surface area contributed by atoms with E-state index in [0.29, 0.717) is 36.7 Å². The van der Waals surface area contributed by atoms with Crippen LogP contribution in [0.25, 0.3) is 0 Å². The standard InChI is InChI=1S/C13H14ClN3O/c1-18-8-7-17(6-2-5-15)13-9-12(14)4-3-11(13)10-16/h3-4,9H,2,6-8H2,1H3. The van der Waals surface area contributed by atoms with Crippen LogP contribution >= 0.6 is 11.6 Å². The lowest BCUT2D eigenvalue weighted by Crippen LogP contribution is -2.28. The monoisotopic (exact) mass is 263 g/mol. The highest BCUT2D eigenvalue weighted by atomic mass is 35.5. The van der Waals surface area contributed by atoms with Crippen LogP contribution in [0, 0.1) is 22.7 Å². The molecule has 0 saturated carbocycles. The van der Waals surface area contributed by atoms with Crippen LogP contribution in [0.1, 0.15) is 12.0 Å². The van der Waals surface area contributed by atoms with Crippen molar-refractivity contribution >= 4 is 17.3 Å². The average Bonchev–Trinajstić information content (AvgIpc) is 2.39. The van der Waals surface area contributed by atoms with Crippen molar-refractivity contribution in [3.05, 3.63) is 28.8 Å². The predicted octanol–water partition coefficient (Wildman–Crippen LogP) is 2.58. The minimum absolute atomic E-state index is 0.390. The molecule has 0 aliphatic rings. The third-order valence-corrected chi connectivity index (χ3v) is 2.71. The number of rotatable bonds is 6. The zero-order valence-corrected chi connectivity index (χ0v) is 10.9. The summed E-state index contributed by atoms with van der Waals surface area (Å²) in [6.07, 6.45) is 0.390. The Hall–Kier alpha value is -1.75. The summed E-state index contributed by atoms with van der Waals surface area (Å²) in [5, 5.41) is 18.3. The zero-order valence-electron chi connectivity index (χ0n) is 10.2. The molecule has 5 heteroatoms. The van der Waals surface area contributed by atoms with E-state index >= 15 is 0 Å². The number of hydrogen-bond donors (Lipinski definition) is 0. The van der Waals surface area contributed by atoms with Crippen molar-refractivity contribution in [1.82, 2.24) is 0 Å². The van der Waals surface area contributed by atoms with Gasteiger partial charge < -0.3 is 9.64 Å². The van der Waals surface area contributed by atoms with Crippen LogP contribution in [0.5, 0.6) is 0 Å². The van der Waals surface area contributed by atoms with Crippen LogP contribution in [-0.4, -0.2) is 26.8 Å². The Bertz CT molecular complexity index is 476. The van der Waals surface area contributed by atoms with Crippen molar-refractivity contribution in [3.8, 4) is 12.1 Å². The SMILES string of the molecule is COCCN(CCC#N)c1cc(Cl)ccc1C#N. The molecule has 0 heterocycles. The molecule has 0 spiro atoms. The molecule has 0 radical (unpaired) electrons. The lowest BCUT2D eigenvalue weighted by Gasteiger charge is -2.24. The van der Waals surface area contributed by atoms with Crippen molar-refractivity contribution in [1.29, 1.82) is 10.5 Å².